The number of nitrogens with one attached hydrogen (secondary N) is 8. The second-order valence-electron chi connectivity index (χ2n) is 19.7. The summed E-state index contributed by atoms with van der Waals surface area (Å²) in [6.07, 6.45) is 1.22. The molecule has 0 saturated heterocycles. The van der Waals surface area contributed by atoms with Crippen LogP contribution in [-0.4, -0.2) is 174 Å². The molecule has 0 aliphatic carbocycles. The Morgan fingerprint density at radius 2 is 0.759 bits per heavy atom. The van der Waals surface area contributed by atoms with E-state index in [0.717, 1.165) is 0 Å². The third kappa shape index (κ3) is 30.1. The van der Waals surface area contributed by atoms with Crippen LogP contribution in [0.5, 0.6) is 0 Å². The molecule has 450 valence electrons. The molecule has 0 bridgehead atoms. The van der Waals surface area contributed by atoms with Crippen LogP contribution in [0.4, 0.5) is 0 Å². The molecule has 0 radical (unpaired) electrons. The molecule has 0 unspecified atom stereocenters. The van der Waals surface area contributed by atoms with Crippen LogP contribution in [0.3, 0.4) is 0 Å². The second-order valence-corrected chi connectivity index (χ2v) is 19.7. The van der Waals surface area contributed by atoms with Crippen LogP contribution in [-0.2, 0) is 43.2 Å². The lowest BCUT2D eigenvalue weighted by Crippen LogP contribution is -2.61. The van der Waals surface area contributed by atoms with Gasteiger partial charge in [-0.05, 0) is 82.5 Å². The Hall–Kier alpha value is -7.77. The zero-order valence-corrected chi connectivity index (χ0v) is 46.6. The van der Waals surface area contributed by atoms with Crippen molar-refractivity contribution in [1.82, 2.24) is 42.5 Å². The fourth-order valence-electron chi connectivity index (χ4n) is 7.33. The minimum absolute atomic E-state index is 0.0102. The van der Waals surface area contributed by atoms with Crippen molar-refractivity contribution in [2.24, 2.45) is 89.3 Å². The van der Waals surface area contributed by atoms with E-state index in [-0.39, 0.29) is 107 Å². The van der Waals surface area contributed by atoms with Crippen molar-refractivity contribution in [1.29, 1.82) is 0 Å². The van der Waals surface area contributed by atoms with Gasteiger partial charge in [0.05, 0.1) is 12.6 Å². The number of aliphatic carboxylic acids is 1. The first-order valence-corrected chi connectivity index (χ1v) is 26.2. The highest BCUT2D eigenvalue weighted by Gasteiger charge is 2.36. The summed E-state index contributed by atoms with van der Waals surface area (Å²) >= 11 is 0. The number of nitrogens with zero attached hydrogens (tertiary/aromatic N) is 4. The summed E-state index contributed by atoms with van der Waals surface area (Å²) in [6, 6.07) is -12.0. The molecule has 0 aromatic carbocycles. The van der Waals surface area contributed by atoms with Gasteiger partial charge in [0.25, 0.3) is 0 Å². The van der Waals surface area contributed by atoms with Gasteiger partial charge >= 0.3 is 5.97 Å². The summed E-state index contributed by atoms with van der Waals surface area (Å²) in [6.45, 7) is 10.8. The number of nitrogens with two attached hydrogens (primary N) is 9. The van der Waals surface area contributed by atoms with E-state index in [1.165, 1.54) is 6.92 Å². The van der Waals surface area contributed by atoms with Crippen molar-refractivity contribution in [2.75, 3.05) is 32.8 Å². The number of carbonyl (C=O) groups is 9. The molecule has 0 spiro atoms. The largest absolute Gasteiger partial charge is 0.480 e. The maximum atomic E-state index is 14.4. The Kier molecular flexibility index (Phi) is 34.2. The quantitative estimate of drug-likeness (QED) is 0.0155. The van der Waals surface area contributed by atoms with E-state index in [0.29, 0.717) is 12.8 Å². The molecule has 0 aliphatic rings. The van der Waals surface area contributed by atoms with E-state index in [9.17, 15) is 53.4 Å². The van der Waals surface area contributed by atoms with E-state index >= 15 is 0 Å². The zero-order chi connectivity index (χ0) is 60.5. The van der Waals surface area contributed by atoms with Crippen LogP contribution in [0.15, 0.2) is 20.0 Å². The van der Waals surface area contributed by atoms with E-state index in [2.05, 4.69) is 62.5 Å². The SMILES string of the molecule is CC[C@H](C)[C@H](NC(=O)[C@H](CCCN=C(N)N)NC(=O)[C@@H](N)CCCN=C(N)N)C(=O)N[C@@H](CCCN=C(N)N)C(=O)N[C@H](C(=O)N[C@@H](CCCN=C(N)N)C(=O)N[C@@H](CC(C)C)C(=O)N[C@@H](CO)C(=O)N[C@@H](C)C(=O)O)C(C)C. The molecule has 0 rings (SSSR count). The molecule has 10 atom stereocenters. The maximum absolute atomic E-state index is 14.4. The first-order chi connectivity index (χ1) is 36.9. The molecule has 32 nitrogen and oxygen atoms in total. The molecule has 8 amide bonds. The normalized spacial score (nSPS) is 14.8. The molecular weight excluding hydrogens is 1030 g/mol. The third-order valence-electron chi connectivity index (χ3n) is 12.0. The number of carboxylic acid groups (broad SMARTS) is 1. The van der Waals surface area contributed by atoms with Crippen molar-refractivity contribution in [2.45, 2.75) is 167 Å². The summed E-state index contributed by atoms with van der Waals surface area (Å²) in [5.41, 5.74) is 49.9. The summed E-state index contributed by atoms with van der Waals surface area (Å²) in [5, 5.41) is 39.6. The number of aliphatic hydroxyl groups excluding tert-OH is 1. The molecule has 32 heteroatoms. The number of hydrogen-bond acceptors (Lipinski definition) is 15. The average molecular weight is 1130 g/mol. The van der Waals surface area contributed by atoms with Gasteiger partial charge in [-0.1, -0.05) is 48.0 Å². The molecule has 0 aromatic heterocycles. The lowest BCUT2D eigenvalue weighted by atomic mass is 9.96. The van der Waals surface area contributed by atoms with E-state index in [4.69, 9.17) is 51.6 Å². The van der Waals surface area contributed by atoms with Gasteiger partial charge in [0.2, 0.25) is 47.3 Å². The highest BCUT2D eigenvalue weighted by molar-refractivity contribution is 5.98. The molecular formula is C47H91N21O11. The van der Waals surface area contributed by atoms with Gasteiger partial charge in [-0.25, -0.2) is 0 Å². The molecule has 0 saturated carbocycles. The molecule has 0 aromatic rings. The second kappa shape index (κ2) is 37.9. The monoisotopic (exact) mass is 1130 g/mol. The molecule has 28 N–H and O–H groups in total. The van der Waals surface area contributed by atoms with Gasteiger partial charge in [-0.15, -0.1) is 0 Å². The van der Waals surface area contributed by atoms with Crippen LogP contribution in [0.1, 0.15) is 113 Å². The number of hydrogen-bond donors (Lipinski definition) is 19. The van der Waals surface area contributed by atoms with Crippen molar-refractivity contribution >= 4 is 77.1 Å². The number of carboxylic acids is 1. The van der Waals surface area contributed by atoms with Gasteiger partial charge in [0.15, 0.2) is 23.8 Å². The Balaban J connectivity index is 6.93. The Bertz CT molecular complexity index is 2110. The van der Waals surface area contributed by atoms with Gasteiger partial charge in [0, 0.05) is 26.2 Å². The Morgan fingerprint density at radius 3 is 1.13 bits per heavy atom. The summed E-state index contributed by atoms with van der Waals surface area (Å²) in [5.74, 6) is -10.3. The van der Waals surface area contributed by atoms with Crippen LogP contribution in [0.2, 0.25) is 0 Å². The zero-order valence-electron chi connectivity index (χ0n) is 46.6. The van der Waals surface area contributed by atoms with Crippen molar-refractivity contribution in [3.63, 3.8) is 0 Å². The summed E-state index contributed by atoms with van der Waals surface area (Å²) < 4.78 is 0. The number of aliphatic imine (C=N–C) groups is 4. The van der Waals surface area contributed by atoms with Gasteiger partial charge in [-0.3, -0.25) is 63.1 Å². The van der Waals surface area contributed by atoms with Crippen molar-refractivity contribution < 1.29 is 53.4 Å². The first-order valence-electron chi connectivity index (χ1n) is 26.2. The average Bonchev–Trinajstić information content (AvgIpc) is 3.36. The summed E-state index contributed by atoms with van der Waals surface area (Å²) in [7, 11) is 0. The number of guanidine groups is 4. The van der Waals surface area contributed by atoms with Crippen LogP contribution < -0.4 is 94.1 Å². The minimum atomic E-state index is -1.60. The number of rotatable bonds is 39. The van der Waals surface area contributed by atoms with Crippen LogP contribution in [0, 0.1) is 17.8 Å². The predicted molar refractivity (Wildman–Crippen MR) is 297 cm³/mol. The minimum Gasteiger partial charge on any atom is -0.480 e. The molecule has 79 heavy (non-hydrogen) atoms. The van der Waals surface area contributed by atoms with Crippen LogP contribution in [0.25, 0.3) is 0 Å². The van der Waals surface area contributed by atoms with E-state index < -0.39 is 126 Å². The number of amides is 8. The van der Waals surface area contributed by atoms with E-state index in [1.807, 2.05) is 0 Å². The fraction of sp³-hybridized carbons (Fsp3) is 0.723. The summed E-state index contributed by atoms with van der Waals surface area (Å²) in [4.78, 5) is 138. The number of carbonyl (C=O) groups excluding carboxylic acids is 8. The van der Waals surface area contributed by atoms with Gasteiger partial charge in [0.1, 0.15) is 48.3 Å². The fourth-order valence-corrected chi connectivity index (χ4v) is 7.33. The predicted octanol–water partition coefficient (Wildman–Crippen LogP) is -6.75. The molecule has 0 heterocycles. The Morgan fingerprint density at radius 1 is 0.430 bits per heavy atom. The van der Waals surface area contributed by atoms with Crippen LogP contribution >= 0.6 is 0 Å². The highest BCUT2D eigenvalue weighted by Crippen LogP contribution is 2.14. The van der Waals surface area contributed by atoms with Gasteiger partial charge in [-0.2, -0.15) is 0 Å². The molecule has 0 aliphatic heterocycles. The standard InChI is InChI=1S/C47H91N21O11/c1-8-25(6)34(68-38(73)29(15-11-19-59-46(53)54)62-35(70)27(48)13-9-17-57-44(49)50)42(77)64-30(16-12-20-60-47(55)56)37(72)67-33(24(4)5)41(76)63-28(14-10-18-58-45(51)52)36(71)65-31(21-23(2)3)39(74)66-32(22-69)40(75)61-26(7)43(78)79/h23-34,69H,8-22,48H2,1-7H3,(H,61,75)(H,62,70)(H,63,76)(H,64,77)(H,65,71)(H,66,74)(H,67,72)(H,68,73)(H,78,79)(H4,49,50,57)(H4,51,52,58)(H4,53,54,59)(H4,55,56,60)/t25-,26-,27-,28-,29-,30-,31-,32-,33-,34-/m0/s1. The van der Waals surface area contributed by atoms with Crippen molar-refractivity contribution in [3.05, 3.63) is 0 Å². The first kappa shape index (κ1) is 71.2. The lowest BCUT2D eigenvalue weighted by Gasteiger charge is -2.30. The topological polar surface area (TPSA) is 574 Å². The maximum Gasteiger partial charge on any atom is 0.325 e. The highest BCUT2D eigenvalue weighted by atomic mass is 16.4. The molecule has 0 fully saturated rings. The Labute approximate surface area is 461 Å². The third-order valence-corrected chi connectivity index (χ3v) is 12.0. The lowest BCUT2D eigenvalue weighted by molar-refractivity contribution is -0.142. The smallest absolute Gasteiger partial charge is 0.325 e. The van der Waals surface area contributed by atoms with Gasteiger partial charge < -0.3 is 104 Å². The van der Waals surface area contributed by atoms with Crippen molar-refractivity contribution in [3.8, 4) is 0 Å². The number of aliphatic hydroxyl groups is 1. The van der Waals surface area contributed by atoms with E-state index in [1.54, 1.807) is 41.5 Å².